The number of benzene rings is 3. The Balaban J connectivity index is 1.82. The average molecular weight is 522 g/mol. The van der Waals surface area contributed by atoms with Gasteiger partial charge in [-0.2, -0.15) is 18.4 Å². The van der Waals surface area contributed by atoms with Gasteiger partial charge in [0.2, 0.25) is 0 Å². The Labute approximate surface area is 205 Å². The number of nitrogens with zero attached hydrogens (tertiary/aromatic N) is 1. The molecule has 1 aliphatic rings. The Bertz CT molecular complexity index is 1440. The van der Waals surface area contributed by atoms with E-state index in [1.807, 2.05) is 0 Å². The first-order valence-corrected chi connectivity index (χ1v) is 10.5. The molecule has 0 unspecified atom stereocenters. The van der Waals surface area contributed by atoms with Gasteiger partial charge in [-0.1, -0.05) is 11.6 Å². The maximum Gasteiger partial charge on any atom is 0.416 e. The number of rotatable bonds is 5. The summed E-state index contributed by atoms with van der Waals surface area (Å²) in [4.78, 5) is 25.6. The van der Waals surface area contributed by atoms with Crippen LogP contribution in [0.3, 0.4) is 0 Å². The minimum Gasteiger partial charge on any atom is -0.479 e. The molecule has 0 fully saturated rings. The van der Waals surface area contributed by atoms with Gasteiger partial charge >= 0.3 is 6.18 Å². The van der Waals surface area contributed by atoms with Gasteiger partial charge in [0, 0.05) is 27.8 Å². The molecule has 6 nitrogen and oxygen atoms in total. The number of halogens is 6. The molecule has 184 valence electrons. The van der Waals surface area contributed by atoms with E-state index in [-0.39, 0.29) is 39.2 Å². The van der Waals surface area contributed by atoms with Gasteiger partial charge in [0.05, 0.1) is 22.9 Å². The summed E-state index contributed by atoms with van der Waals surface area (Å²) < 4.78 is 72.4. The fourth-order valence-electron chi connectivity index (χ4n) is 3.76. The SMILES string of the molecule is N#CCOc1cc(NC(=O)c2cc(F)cc(C(F)(F)F)c2)c2c(c1)C(=O)N[C@@H]2c1cc(F)ccc1Cl. The molecule has 0 bridgehead atoms. The quantitative estimate of drug-likeness (QED) is 0.426. The fraction of sp³-hybridized carbons (Fsp3) is 0.125. The third-order valence-electron chi connectivity index (χ3n) is 5.27. The van der Waals surface area contributed by atoms with Gasteiger partial charge in [0.15, 0.2) is 6.61 Å². The van der Waals surface area contributed by atoms with E-state index < -0.39 is 53.4 Å². The largest absolute Gasteiger partial charge is 0.479 e. The number of amides is 2. The van der Waals surface area contributed by atoms with E-state index in [4.69, 9.17) is 21.6 Å². The topological polar surface area (TPSA) is 91.2 Å². The van der Waals surface area contributed by atoms with Gasteiger partial charge in [-0.15, -0.1) is 0 Å². The summed E-state index contributed by atoms with van der Waals surface area (Å²) in [5.41, 5.74) is -1.86. The molecule has 12 heteroatoms. The first-order chi connectivity index (χ1) is 17.0. The van der Waals surface area contributed by atoms with Crippen molar-refractivity contribution >= 4 is 29.1 Å². The number of nitrogens with one attached hydrogen (secondary N) is 2. The van der Waals surface area contributed by atoms with Gasteiger partial charge in [0.25, 0.3) is 11.8 Å². The van der Waals surface area contributed by atoms with Crippen molar-refractivity contribution < 1.29 is 36.3 Å². The van der Waals surface area contributed by atoms with Crippen LogP contribution in [0.15, 0.2) is 48.5 Å². The Morgan fingerprint density at radius 3 is 2.56 bits per heavy atom. The summed E-state index contributed by atoms with van der Waals surface area (Å²) in [6.07, 6.45) is -4.90. The van der Waals surface area contributed by atoms with Crippen molar-refractivity contribution in [1.82, 2.24) is 5.32 Å². The van der Waals surface area contributed by atoms with Crippen LogP contribution in [0.25, 0.3) is 0 Å². The Morgan fingerprint density at radius 2 is 1.86 bits per heavy atom. The zero-order chi connectivity index (χ0) is 26.2. The van der Waals surface area contributed by atoms with Gasteiger partial charge in [-0.25, -0.2) is 8.78 Å². The van der Waals surface area contributed by atoms with Crippen LogP contribution in [0.1, 0.15) is 43.4 Å². The molecule has 0 saturated heterocycles. The van der Waals surface area contributed by atoms with Crippen LogP contribution in [0, 0.1) is 23.0 Å². The molecule has 1 aliphatic heterocycles. The zero-order valence-corrected chi connectivity index (χ0v) is 18.6. The number of hydrogen-bond donors (Lipinski definition) is 2. The molecule has 0 spiro atoms. The summed E-state index contributed by atoms with van der Waals surface area (Å²) in [5, 5.41) is 13.9. The molecule has 3 aromatic carbocycles. The number of nitriles is 1. The number of anilines is 1. The minimum atomic E-state index is -4.90. The second-order valence-corrected chi connectivity index (χ2v) is 8.04. The lowest BCUT2D eigenvalue weighted by Gasteiger charge is -2.19. The predicted octanol–water partition coefficient (Wildman–Crippen LogP) is 5.62. The first kappa shape index (κ1) is 24.9. The highest BCUT2D eigenvalue weighted by Gasteiger charge is 2.36. The standard InChI is InChI=1S/C24H13ClF5N3O3/c25-18-2-1-13(26)8-16(18)21-20-17(23(35)33-21)9-15(36-4-3-31)10-19(20)32-22(34)11-5-12(24(28,29)30)7-14(27)6-11/h1-2,5-10,21H,4H2,(H,32,34)(H,33,35)/t21-/m1/s1. The molecule has 36 heavy (non-hydrogen) atoms. The number of fused-ring (bicyclic) bond motifs is 1. The molecule has 2 N–H and O–H groups in total. The molecular weight excluding hydrogens is 509 g/mol. The molecule has 4 rings (SSSR count). The lowest BCUT2D eigenvalue weighted by Crippen LogP contribution is -2.21. The van der Waals surface area contributed by atoms with Crippen molar-refractivity contribution in [2.24, 2.45) is 0 Å². The third kappa shape index (κ3) is 4.94. The lowest BCUT2D eigenvalue weighted by molar-refractivity contribution is -0.137. The number of carbonyl (C=O) groups is 2. The smallest absolute Gasteiger partial charge is 0.416 e. The van der Waals surface area contributed by atoms with Gasteiger partial charge in [-0.3, -0.25) is 9.59 Å². The maximum absolute atomic E-state index is 14.0. The van der Waals surface area contributed by atoms with Crippen molar-refractivity contribution in [2.75, 3.05) is 11.9 Å². The average Bonchev–Trinajstić information content (AvgIpc) is 3.14. The van der Waals surface area contributed by atoms with E-state index in [1.54, 1.807) is 6.07 Å². The Hall–Kier alpha value is -4.17. The number of ether oxygens (including phenoxy) is 1. The van der Waals surface area contributed by atoms with E-state index in [2.05, 4.69) is 10.6 Å². The highest BCUT2D eigenvalue weighted by molar-refractivity contribution is 6.31. The minimum absolute atomic E-state index is 0.0121. The Kier molecular flexibility index (Phi) is 6.56. The van der Waals surface area contributed by atoms with Crippen molar-refractivity contribution in [3.8, 4) is 11.8 Å². The second kappa shape index (κ2) is 9.47. The van der Waals surface area contributed by atoms with Crippen LogP contribution in [0.2, 0.25) is 5.02 Å². The van der Waals surface area contributed by atoms with E-state index in [0.717, 1.165) is 12.1 Å². The van der Waals surface area contributed by atoms with Gasteiger partial charge in [0.1, 0.15) is 23.5 Å². The molecule has 0 saturated carbocycles. The summed E-state index contributed by atoms with van der Waals surface area (Å²) in [6.45, 7) is -0.411. The molecule has 3 aromatic rings. The normalized spacial score (nSPS) is 14.6. The van der Waals surface area contributed by atoms with E-state index >= 15 is 0 Å². The van der Waals surface area contributed by atoms with Crippen LogP contribution in [-0.4, -0.2) is 18.4 Å². The monoisotopic (exact) mass is 521 g/mol. The van der Waals surface area contributed by atoms with Crippen LogP contribution in [-0.2, 0) is 6.18 Å². The predicted molar refractivity (Wildman–Crippen MR) is 118 cm³/mol. The van der Waals surface area contributed by atoms with Crippen LogP contribution < -0.4 is 15.4 Å². The molecule has 1 heterocycles. The summed E-state index contributed by atoms with van der Waals surface area (Å²) in [7, 11) is 0. The highest BCUT2D eigenvalue weighted by Crippen LogP contribution is 2.41. The Morgan fingerprint density at radius 1 is 1.11 bits per heavy atom. The van der Waals surface area contributed by atoms with Crippen molar-refractivity contribution in [3.63, 3.8) is 0 Å². The lowest BCUT2D eigenvalue weighted by atomic mass is 9.95. The van der Waals surface area contributed by atoms with E-state index in [0.29, 0.717) is 12.1 Å². The van der Waals surface area contributed by atoms with Crippen LogP contribution in [0.5, 0.6) is 5.75 Å². The molecule has 0 aromatic heterocycles. The molecular formula is C24H13ClF5N3O3. The maximum atomic E-state index is 14.0. The van der Waals surface area contributed by atoms with Crippen molar-refractivity contribution in [1.29, 1.82) is 5.26 Å². The molecule has 2 amide bonds. The number of alkyl halides is 3. The molecule has 1 atom stereocenters. The second-order valence-electron chi connectivity index (χ2n) is 7.63. The molecule has 0 aliphatic carbocycles. The van der Waals surface area contributed by atoms with Gasteiger partial charge < -0.3 is 15.4 Å². The zero-order valence-electron chi connectivity index (χ0n) is 17.8. The van der Waals surface area contributed by atoms with Crippen LogP contribution >= 0.6 is 11.6 Å². The van der Waals surface area contributed by atoms with E-state index in [9.17, 15) is 31.5 Å². The summed E-state index contributed by atoms with van der Waals surface area (Å²) in [5.74, 6) is -3.72. The van der Waals surface area contributed by atoms with Crippen molar-refractivity contribution in [3.05, 3.63) is 93.0 Å². The van der Waals surface area contributed by atoms with E-state index in [1.165, 1.54) is 18.2 Å². The summed E-state index contributed by atoms with van der Waals surface area (Å²) >= 11 is 6.21. The number of hydrogen-bond acceptors (Lipinski definition) is 4. The molecule has 0 radical (unpaired) electrons. The van der Waals surface area contributed by atoms with Crippen molar-refractivity contribution in [2.45, 2.75) is 12.2 Å². The van der Waals surface area contributed by atoms with Gasteiger partial charge in [-0.05, 0) is 42.5 Å². The fourth-order valence-corrected chi connectivity index (χ4v) is 3.98. The van der Waals surface area contributed by atoms with Crippen LogP contribution in [0.4, 0.5) is 27.6 Å². The number of carbonyl (C=O) groups excluding carboxylic acids is 2. The third-order valence-corrected chi connectivity index (χ3v) is 5.61. The summed E-state index contributed by atoms with van der Waals surface area (Å²) in [6, 6.07) is 8.00. The highest BCUT2D eigenvalue weighted by atomic mass is 35.5. The first-order valence-electron chi connectivity index (χ1n) is 10.1.